The molecule has 1 aromatic heterocycles. The van der Waals surface area contributed by atoms with Gasteiger partial charge in [-0.25, -0.2) is 4.79 Å². The maximum absolute atomic E-state index is 12.7. The summed E-state index contributed by atoms with van der Waals surface area (Å²) in [5, 5.41) is 20.9. The Morgan fingerprint density at radius 1 is 1.25 bits per heavy atom. The van der Waals surface area contributed by atoms with Crippen molar-refractivity contribution in [2.24, 2.45) is 0 Å². The summed E-state index contributed by atoms with van der Waals surface area (Å²) in [5.41, 5.74) is 3.78. The molecule has 10 nitrogen and oxygen atoms in total. The summed E-state index contributed by atoms with van der Waals surface area (Å²) < 4.78 is 23.2. The molecule has 36 heavy (non-hydrogen) atoms. The van der Waals surface area contributed by atoms with Gasteiger partial charge in [-0.3, -0.25) is 10.1 Å². The van der Waals surface area contributed by atoms with Gasteiger partial charge in [-0.05, 0) is 55.8 Å². The van der Waals surface area contributed by atoms with E-state index in [0.29, 0.717) is 22.4 Å². The molecule has 0 aliphatic carbocycles. The third-order valence-electron chi connectivity index (χ3n) is 5.78. The monoisotopic (exact) mass is 489 g/mol. The molecule has 1 aliphatic heterocycles. The van der Waals surface area contributed by atoms with Crippen molar-refractivity contribution in [1.29, 1.82) is 5.26 Å². The first-order valence-corrected chi connectivity index (χ1v) is 11.0. The molecular weight excluding hydrogens is 466 g/mol. The number of rotatable bonds is 7. The molecule has 2 aromatic carbocycles. The number of fused-ring (bicyclic) bond motifs is 1. The zero-order valence-electron chi connectivity index (χ0n) is 19.9. The van der Waals surface area contributed by atoms with E-state index in [9.17, 15) is 20.2 Å². The van der Waals surface area contributed by atoms with Crippen molar-refractivity contribution in [2.75, 3.05) is 13.9 Å². The fourth-order valence-corrected chi connectivity index (χ4v) is 4.07. The molecule has 0 fully saturated rings. The minimum atomic E-state index is -0.848. The van der Waals surface area contributed by atoms with Gasteiger partial charge in [-0.2, -0.15) is 5.26 Å². The fraction of sp³-hybridized carbons (Fsp3) is 0.231. The van der Waals surface area contributed by atoms with Crippen LogP contribution in [0.3, 0.4) is 0 Å². The first kappa shape index (κ1) is 24.5. The van der Waals surface area contributed by atoms with E-state index in [-0.39, 0.29) is 31.3 Å². The number of nitro groups is 1. The van der Waals surface area contributed by atoms with Crippen molar-refractivity contribution in [2.45, 2.75) is 27.1 Å². The maximum Gasteiger partial charge on any atom is 0.349 e. The van der Waals surface area contributed by atoms with Crippen molar-refractivity contribution in [1.82, 2.24) is 4.57 Å². The molecular formula is C26H23N3O7. The van der Waals surface area contributed by atoms with E-state index in [0.717, 1.165) is 22.8 Å². The lowest BCUT2D eigenvalue weighted by atomic mass is 10.1. The summed E-state index contributed by atoms with van der Waals surface area (Å²) in [5.74, 6) is 0.267. The smallest absolute Gasteiger partial charge is 0.349 e. The summed E-state index contributed by atoms with van der Waals surface area (Å²) in [6.07, 6.45) is 1.47. The summed E-state index contributed by atoms with van der Waals surface area (Å²) in [6, 6.07) is 13.9. The highest BCUT2D eigenvalue weighted by atomic mass is 16.7. The summed E-state index contributed by atoms with van der Waals surface area (Å²) in [4.78, 5) is 23.5. The van der Waals surface area contributed by atoms with Crippen LogP contribution in [0.2, 0.25) is 0 Å². The Balaban J connectivity index is 1.57. The van der Waals surface area contributed by atoms with E-state index >= 15 is 0 Å². The molecule has 184 valence electrons. The second-order valence-corrected chi connectivity index (χ2v) is 8.07. The van der Waals surface area contributed by atoms with Gasteiger partial charge in [0.1, 0.15) is 29.7 Å². The van der Waals surface area contributed by atoms with Gasteiger partial charge in [0.15, 0.2) is 6.79 Å². The number of carbonyl (C=O) groups excluding carboxylic acids is 1. The molecule has 0 bridgehead atoms. The number of nitrogens with zero attached hydrogens (tertiary/aromatic N) is 3. The minimum absolute atomic E-state index is 0.0150. The molecule has 0 saturated carbocycles. The number of benzene rings is 2. The van der Waals surface area contributed by atoms with E-state index in [2.05, 4.69) is 0 Å². The van der Waals surface area contributed by atoms with Gasteiger partial charge in [0.2, 0.25) is 0 Å². The summed E-state index contributed by atoms with van der Waals surface area (Å²) in [6.45, 7) is 3.64. The van der Waals surface area contributed by atoms with Crippen LogP contribution in [0, 0.1) is 35.3 Å². The van der Waals surface area contributed by atoms with Crippen molar-refractivity contribution in [3.05, 3.63) is 86.2 Å². The predicted octanol–water partition coefficient (Wildman–Crippen LogP) is 4.53. The number of methoxy groups -OCH3 is 1. The van der Waals surface area contributed by atoms with Gasteiger partial charge >= 0.3 is 5.97 Å². The Bertz CT molecular complexity index is 1400. The Morgan fingerprint density at radius 3 is 2.67 bits per heavy atom. The standard InChI is InChI=1S/C26H23N3O7/c1-16-8-18(17(2)28(16)22-4-6-24(33-3)7-5-22)9-19(12-27)26(30)35-14-21-11-23(29(31)32)10-20-13-34-15-36-25(20)21/h4-11H,13-15H2,1-3H3. The van der Waals surface area contributed by atoms with E-state index in [1.54, 1.807) is 7.11 Å². The van der Waals surface area contributed by atoms with E-state index in [4.69, 9.17) is 18.9 Å². The Hall–Kier alpha value is -4.62. The Labute approximate surface area is 207 Å². The van der Waals surface area contributed by atoms with Crippen LogP contribution in [0.25, 0.3) is 11.8 Å². The van der Waals surface area contributed by atoms with Crippen LogP contribution in [0.5, 0.6) is 11.5 Å². The molecule has 1 aliphatic rings. The highest BCUT2D eigenvalue weighted by Gasteiger charge is 2.23. The lowest BCUT2D eigenvalue weighted by Gasteiger charge is -2.20. The molecule has 0 spiro atoms. The molecule has 0 unspecified atom stereocenters. The van der Waals surface area contributed by atoms with Crippen molar-refractivity contribution >= 4 is 17.7 Å². The first-order valence-electron chi connectivity index (χ1n) is 11.0. The van der Waals surface area contributed by atoms with Gasteiger partial charge in [-0.15, -0.1) is 0 Å². The van der Waals surface area contributed by atoms with Gasteiger partial charge in [0.05, 0.1) is 18.6 Å². The molecule has 3 aromatic rings. The van der Waals surface area contributed by atoms with Crippen LogP contribution < -0.4 is 9.47 Å². The van der Waals surface area contributed by atoms with Crippen LogP contribution in [-0.4, -0.2) is 29.4 Å². The van der Waals surface area contributed by atoms with Crippen LogP contribution in [-0.2, 0) is 27.5 Å². The number of ether oxygens (including phenoxy) is 4. The molecule has 10 heteroatoms. The van der Waals surface area contributed by atoms with Crippen molar-refractivity contribution in [3.63, 3.8) is 0 Å². The number of nitro benzene ring substituents is 1. The Kier molecular flexibility index (Phi) is 7.03. The first-order chi connectivity index (χ1) is 17.3. The lowest BCUT2D eigenvalue weighted by molar-refractivity contribution is -0.385. The molecule has 0 amide bonds. The topological polar surface area (TPSA) is 126 Å². The highest BCUT2D eigenvalue weighted by Crippen LogP contribution is 2.33. The summed E-state index contributed by atoms with van der Waals surface area (Å²) in [7, 11) is 1.60. The number of esters is 1. The highest BCUT2D eigenvalue weighted by molar-refractivity contribution is 5.98. The van der Waals surface area contributed by atoms with Crippen LogP contribution in [0.15, 0.2) is 48.0 Å². The number of hydrogen-bond acceptors (Lipinski definition) is 8. The zero-order chi connectivity index (χ0) is 25.8. The quantitative estimate of drug-likeness (QED) is 0.156. The van der Waals surface area contributed by atoms with Crippen molar-refractivity contribution < 1.29 is 28.7 Å². The largest absolute Gasteiger partial charge is 0.497 e. The third-order valence-corrected chi connectivity index (χ3v) is 5.78. The number of nitriles is 1. The molecule has 0 N–H and O–H groups in total. The zero-order valence-corrected chi connectivity index (χ0v) is 19.9. The Morgan fingerprint density at radius 2 is 2.00 bits per heavy atom. The molecule has 0 atom stereocenters. The second kappa shape index (κ2) is 10.3. The second-order valence-electron chi connectivity index (χ2n) is 8.07. The van der Waals surface area contributed by atoms with E-state index in [1.807, 2.05) is 54.8 Å². The fourth-order valence-electron chi connectivity index (χ4n) is 4.07. The van der Waals surface area contributed by atoms with E-state index in [1.165, 1.54) is 18.2 Å². The maximum atomic E-state index is 12.7. The number of aromatic nitrogens is 1. The summed E-state index contributed by atoms with van der Waals surface area (Å²) >= 11 is 0. The van der Waals surface area contributed by atoms with Crippen LogP contribution in [0.4, 0.5) is 5.69 Å². The average molecular weight is 489 g/mol. The number of non-ortho nitro benzene ring substituents is 1. The molecule has 0 radical (unpaired) electrons. The molecule has 2 heterocycles. The number of carbonyl (C=O) groups is 1. The van der Waals surface area contributed by atoms with Gasteiger partial charge in [0.25, 0.3) is 5.69 Å². The van der Waals surface area contributed by atoms with Crippen LogP contribution >= 0.6 is 0 Å². The van der Waals surface area contributed by atoms with Gasteiger partial charge < -0.3 is 23.5 Å². The number of hydrogen-bond donors (Lipinski definition) is 0. The normalized spacial score (nSPS) is 12.8. The number of aryl methyl sites for hydroxylation is 1. The van der Waals surface area contributed by atoms with Crippen LogP contribution in [0.1, 0.15) is 28.1 Å². The van der Waals surface area contributed by atoms with E-state index < -0.39 is 10.9 Å². The molecule has 4 rings (SSSR count). The predicted molar refractivity (Wildman–Crippen MR) is 129 cm³/mol. The SMILES string of the molecule is COc1ccc(-n2c(C)cc(C=C(C#N)C(=O)OCc3cc([N+](=O)[O-])cc4c3OCOC4)c2C)cc1. The lowest BCUT2D eigenvalue weighted by Crippen LogP contribution is -2.15. The minimum Gasteiger partial charge on any atom is -0.497 e. The molecule has 0 saturated heterocycles. The van der Waals surface area contributed by atoms with Gasteiger partial charge in [-0.1, -0.05) is 0 Å². The van der Waals surface area contributed by atoms with Gasteiger partial charge in [0, 0.05) is 40.3 Å². The average Bonchev–Trinajstić information content (AvgIpc) is 3.17. The third kappa shape index (κ3) is 4.92. The van der Waals surface area contributed by atoms with Crippen molar-refractivity contribution in [3.8, 4) is 23.3 Å².